The molecule has 5 nitrogen and oxygen atoms in total. The van der Waals surface area contributed by atoms with Gasteiger partial charge >= 0.3 is 0 Å². The summed E-state index contributed by atoms with van der Waals surface area (Å²) in [5.41, 5.74) is 0.702. The first-order valence-electron chi connectivity index (χ1n) is 7.71. The van der Waals surface area contributed by atoms with Crippen LogP contribution in [0.15, 0.2) is 42.5 Å². The third-order valence-electron chi connectivity index (χ3n) is 4.39. The van der Waals surface area contributed by atoms with E-state index in [-0.39, 0.29) is 17.6 Å². The van der Waals surface area contributed by atoms with Crippen molar-refractivity contribution < 1.29 is 13.2 Å². The van der Waals surface area contributed by atoms with Crippen molar-refractivity contribution in [2.75, 3.05) is 18.8 Å². The fraction of sp³-hybridized carbons (Fsp3) is 0.353. The normalized spacial score (nSPS) is 16.7. The van der Waals surface area contributed by atoms with Gasteiger partial charge in [-0.2, -0.15) is 0 Å². The van der Waals surface area contributed by atoms with Gasteiger partial charge in [-0.15, -0.1) is 0 Å². The Kier molecular flexibility index (Phi) is 4.37. The molecule has 1 aliphatic rings. The molecule has 1 heterocycles. The van der Waals surface area contributed by atoms with E-state index in [0.717, 1.165) is 10.8 Å². The Morgan fingerprint density at radius 2 is 1.74 bits per heavy atom. The highest BCUT2D eigenvalue weighted by molar-refractivity contribution is 7.89. The molecule has 3 rings (SSSR count). The van der Waals surface area contributed by atoms with E-state index in [1.54, 1.807) is 4.90 Å². The first kappa shape index (κ1) is 16.0. The second-order valence-corrected chi connectivity index (χ2v) is 7.75. The minimum atomic E-state index is -3.45. The fourth-order valence-electron chi connectivity index (χ4n) is 3.21. The zero-order valence-corrected chi connectivity index (χ0v) is 13.6. The number of sulfonamides is 1. The summed E-state index contributed by atoms with van der Waals surface area (Å²) in [6, 6.07) is 13.6. The van der Waals surface area contributed by atoms with Gasteiger partial charge < -0.3 is 4.90 Å². The minimum absolute atomic E-state index is 0.00327. The average Bonchev–Trinajstić information content (AvgIpc) is 2.53. The monoisotopic (exact) mass is 332 g/mol. The van der Waals surface area contributed by atoms with E-state index in [1.165, 1.54) is 0 Å². The van der Waals surface area contributed by atoms with E-state index in [9.17, 15) is 13.2 Å². The van der Waals surface area contributed by atoms with Crippen molar-refractivity contribution >= 4 is 26.7 Å². The van der Waals surface area contributed by atoms with Gasteiger partial charge in [0.25, 0.3) is 5.91 Å². The standard InChI is InChI=1S/C17H20N2O3S/c18-23(21,22)12-13-8-10-19(11-9-13)17(20)16-7-3-5-14-4-1-2-6-15(14)16/h1-7,13H,8-12H2,(H2,18,21,22). The van der Waals surface area contributed by atoms with E-state index in [2.05, 4.69) is 0 Å². The molecule has 0 aromatic heterocycles. The number of hydrogen-bond donors (Lipinski definition) is 1. The molecule has 2 aromatic rings. The Bertz CT molecular complexity index is 819. The summed E-state index contributed by atoms with van der Waals surface area (Å²) in [7, 11) is -3.45. The number of carbonyl (C=O) groups is 1. The van der Waals surface area contributed by atoms with Gasteiger partial charge in [0.1, 0.15) is 0 Å². The Morgan fingerprint density at radius 1 is 1.09 bits per heavy atom. The number of benzene rings is 2. The lowest BCUT2D eigenvalue weighted by atomic mass is 9.97. The maximum atomic E-state index is 12.8. The number of nitrogens with two attached hydrogens (primary N) is 1. The van der Waals surface area contributed by atoms with Gasteiger partial charge in [-0.05, 0) is 35.6 Å². The van der Waals surface area contributed by atoms with E-state index in [4.69, 9.17) is 5.14 Å². The number of hydrogen-bond acceptors (Lipinski definition) is 3. The molecule has 1 saturated heterocycles. The number of piperidine rings is 1. The zero-order chi connectivity index (χ0) is 16.4. The summed E-state index contributed by atoms with van der Waals surface area (Å²) in [4.78, 5) is 14.6. The molecule has 0 spiro atoms. The minimum Gasteiger partial charge on any atom is -0.339 e. The van der Waals surface area contributed by atoms with Crippen LogP contribution in [-0.2, 0) is 10.0 Å². The van der Waals surface area contributed by atoms with Gasteiger partial charge in [-0.1, -0.05) is 36.4 Å². The molecular formula is C17H20N2O3S. The van der Waals surface area contributed by atoms with Crippen LogP contribution in [0.4, 0.5) is 0 Å². The summed E-state index contributed by atoms with van der Waals surface area (Å²) in [6.07, 6.45) is 1.35. The molecule has 23 heavy (non-hydrogen) atoms. The molecule has 0 aliphatic carbocycles. The second-order valence-electron chi connectivity index (χ2n) is 6.09. The third kappa shape index (κ3) is 3.71. The lowest BCUT2D eigenvalue weighted by molar-refractivity contribution is 0.0700. The van der Waals surface area contributed by atoms with Crippen molar-refractivity contribution in [3.8, 4) is 0 Å². The summed E-state index contributed by atoms with van der Waals surface area (Å²) in [5, 5.41) is 7.10. The molecule has 1 amide bonds. The van der Waals surface area contributed by atoms with Crippen molar-refractivity contribution in [1.29, 1.82) is 0 Å². The van der Waals surface area contributed by atoms with Crippen LogP contribution < -0.4 is 5.14 Å². The van der Waals surface area contributed by atoms with Crippen LogP contribution in [0.1, 0.15) is 23.2 Å². The van der Waals surface area contributed by atoms with Gasteiger partial charge in [0.2, 0.25) is 10.0 Å². The number of nitrogens with zero attached hydrogens (tertiary/aromatic N) is 1. The molecule has 1 aliphatic heterocycles. The van der Waals surface area contributed by atoms with Gasteiger partial charge in [0.15, 0.2) is 0 Å². The molecule has 122 valence electrons. The largest absolute Gasteiger partial charge is 0.339 e. The SMILES string of the molecule is NS(=O)(=O)CC1CCN(C(=O)c2cccc3ccccc23)CC1. The Hall–Kier alpha value is -1.92. The third-order valence-corrected chi connectivity index (χ3v) is 5.33. The molecular weight excluding hydrogens is 312 g/mol. The Labute approximate surface area is 136 Å². The predicted octanol–water partition coefficient (Wildman–Crippen LogP) is 1.98. The highest BCUT2D eigenvalue weighted by atomic mass is 32.2. The summed E-state index contributed by atoms with van der Waals surface area (Å²) in [5.74, 6) is 0.0564. The van der Waals surface area contributed by atoms with Gasteiger partial charge in [-0.25, -0.2) is 13.6 Å². The van der Waals surface area contributed by atoms with Crippen LogP contribution in [0.3, 0.4) is 0 Å². The second kappa shape index (κ2) is 6.29. The number of primary sulfonamides is 1. The van der Waals surface area contributed by atoms with Gasteiger partial charge in [0, 0.05) is 18.7 Å². The van der Waals surface area contributed by atoms with E-state index < -0.39 is 10.0 Å². The van der Waals surface area contributed by atoms with Crippen LogP contribution in [-0.4, -0.2) is 38.1 Å². The number of fused-ring (bicyclic) bond motifs is 1. The smallest absolute Gasteiger partial charge is 0.254 e. The van der Waals surface area contributed by atoms with Gasteiger partial charge in [-0.3, -0.25) is 4.79 Å². The van der Waals surface area contributed by atoms with Crippen molar-refractivity contribution in [2.45, 2.75) is 12.8 Å². The van der Waals surface area contributed by atoms with E-state index in [1.807, 2.05) is 42.5 Å². The Balaban J connectivity index is 1.74. The molecule has 0 saturated carbocycles. The topological polar surface area (TPSA) is 80.5 Å². The molecule has 0 unspecified atom stereocenters. The average molecular weight is 332 g/mol. The maximum Gasteiger partial charge on any atom is 0.254 e. The first-order valence-corrected chi connectivity index (χ1v) is 9.43. The number of carbonyl (C=O) groups excluding carboxylic acids is 1. The van der Waals surface area contributed by atoms with Crippen LogP contribution in [0.2, 0.25) is 0 Å². The summed E-state index contributed by atoms with van der Waals surface area (Å²) in [6.45, 7) is 1.14. The Morgan fingerprint density at radius 3 is 2.43 bits per heavy atom. The highest BCUT2D eigenvalue weighted by Gasteiger charge is 2.26. The zero-order valence-electron chi connectivity index (χ0n) is 12.8. The fourth-order valence-corrected chi connectivity index (χ4v) is 4.20. The van der Waals surface area contributed by atoms with E-state index >= 15 is 0 Å². The molecule has 0 atom stereocenters. The molecule has 0 bridgehead atoms. The molecule has 0 radical (unpaired) electrons. The molecule has 1 fully saturated rings. The van der Waals surface area contributed by atoms with Crippen molar-refractivity contribution in [3.05, 3.63) is 48.0 Å². The summed E-state index contributed by atoms with van der Waals surface area (Å²) >= 11 is 0. The first-order chi connectivity index (χ1) is 10.9. The van der Waals surface area contributed by atoms with E-state index in [0.29, 0.717) is 31.5 Å². The maximum absolute atomic E-state index is 12.8. The predicted molar refractivity (Wildman–Crippen MR) is 90.5 cm³/mol. The van der Waals surface area contributed by atoms with Crippen molar-refractivity contribution in [2.24, 2.45) is 11.1 Å². The quantitative estimate of drug-likeness (QED) is 0.933. The molecule has 2 N–H and O–H groups in total. The number of likely N-dealkylation sites (tertiary alicyclic amines) is 1. The van der Waals surface area contributed by atoms with Gasteiger partial charge in [0.05, 0.1) is 5.75 Å². The molecule has 6 heteroatoms. The van der Waals surface area contributed by atoms with Crippen LogP contribution >= 0.6 is 0 Å². The van der Waals surface area contributed by atoms with Crippen LogP contribution in [0, 0.1) is 5.92 Å². The number of amides is 1. The van der Waals surface area contributed by atoms with Crippen molar-refractivity contribution in [3.63, 3.8) is 0 Å². The van der Waals surface area contributed by atoms with Crippen LogP contribution in [0.5, 0.6) is 0 Å². The van der Waals surface area contributed by atoms with Crippen LogP contribution in [0.25, 0.3) is 10.8 Å². The molecule has 2 aromatic carbocycles. The highest BCUT2D eigenvalue weighted by Crippen LogP contribution is 2.24. The lowest BCUT2D eigenvalue weighted by Crippen LogP contribution is -2.40. The van der Waals surface area contributed by atoms with Crippen molar-refractivity contribution in [1.82, 2.24) is 4.90 Å². The summed E-state index contributed by atoms with van der Waals surface area (Å²) < 4.78 is 22.4. The number of rotatable bonds is 3. The lowest BCUT2D eigenvalue weighted by Gasteiger charge is -2.31.